The van der Waals surface area contributed by atoms with Gasteiger partial charge in [0, 0.05) is 35.9 Å². The van der Waals surface area contributed by atoms with E-state index in [0.29, 0.717) is 10.7 Å². The first-order valence-corrected chi connectivity index (χ1v) is 12.2. The molecule has 188 valence electrons. The molecule has 0 aliphatic rings. The first kappa shape index (κ1) is 29.2. The molecule has 0 unspecified atom stereocenters. The summed E-state index contributed by atoms with van der Waals surface area (Å²) in [4.78, 5) is 23.5. The molecule has 0 atom stereocenters. The van der Waals surface area contributed by atoms with Gasteiger partial charge < -0.3 is 15.3 Å². The number of carboxylic acids is 1. The Morgan fingerprint density at radius 3 is 2.03 bits per heavy atom. The van der Waals surface area contributed by atoms with Crippen LogP contribution in [-0.4, -0.2) is 50.4 Å². The SMILES string of the molecule is CCN(CC)c1ccc(NC(=O)CCS(=O)(=O)c2ccc(Cl)cc2)c(C)c1.O=C(O)C(F)(F)F. The number of nitrogens with zero attached hydrogens (tertiary/aromatic N) is 1. The zero-order valence-corrected chi connectivity index (χ0v) is 20.4. The zero-order valence-electron chi connectivity index (χ0n) is 18.8. The van der Waals surface area contributed by atoms with Crippen LogP contribution in [0.25, 0.3) is 0 Å². The number of aliphatic carboxylic acids is 1. The zero-order chi connectivity index (χ0) is 26.1. The maximum absolute atomic E-state index is 12.3. The molecule has 2 N–H and O–H groups in total. The highest BCUT2D eigenvalue weighted by Gasteiger charge is 2.38. The van der Waals surface area contributed by atoms with Crippen LogP contribution in [0.5, 0.6) is 0 Å². The summed E-state index contributed by atoms with van der Waals surface area (Å²) in [6.45, 7) is 7.92. The van der Waals surface area contributed by atoms with Crippen LogP contribution >= 0.6 is 11.6 Å². The second kappa shape index (κ2) is 12.6. The van der Waals surface area contributed by atoms with Gasteiger partial charge in [-0.15, -0.1) is 0 Å². The van der Waals surface area contributed by atoms with Gasteiger partial charge in [0.05, 0.1) is 10.6 Å². The summed E-state index contributed by atoms with van der Waals surface area (Å²) in [5, 5.41) is 10.4. The molecule has 7 nitrogen and oxygen atoms in total. The van der Waals surface area contributed by atoms with Crippen LogP contribution in [0.15, 0.2) is 47.4 Å². The number of sulfone groups is 1. The molecule has 2 aromatic carbocycles. The van der Waals surface area contributed by atoms with Gasteiger partial charge in [0.25, 0.3) is 0 Å². The van der Waals surface area contributed by atoms with Gasteiger partial charge in [-0.1, -0.05) is 11.6 Å². The maximum atomic E-state index is 12.3. The van der Waals surface area contributed by atoms with Crippen molar-refractivity contribution in [3.8, 4) is 0 Å². The van der Waals surface area contributed by atoms with E-state index in [1.54, 1.807) is 0 Å². The van der Waals surface area contributed by atoms with E-state index in [-0.39, 0.29) is 23.0 Å². The van der Waals surface area contributed by atoms with Crippen LogP contribution in [0.1, 0.15) is 25.8 Å². The fraction of sp³-hybridized carbons (Fsp3) is 0.364. The first-order valence-electron chi connectivity index (χ1n) is 10.1. The van der Waals surface area contributed by atoms with Crippen LogP contribution < -0.4 is 10.2 Å². The smallest absolute Gasteiger partial charge is 0.475 e. The molecule has 0 heterocycles. The number of aryl methyl sites for hydroxylation is 1. The van der Waals surface area contributed by atoms with Gasteiger partial charge in [-0.25, -0.2) is 13.2 Å². The second-order valence-electron chi connectivity index (χ2n) is 7.05. The highest BCUT2D eigenvalue weighted by Crippen LogP contribution is 2.23. The molecule has 0 bridgehead atoms. The Balaban J connectivity index is 0.000000718. The van der Waals surface area contributed by atoms with Crippen LogP contribution in [0.3, 0.4) is 0 Å². The number of carboxylic acid groups (broad SMARTS) is 1. The quantitative estimate of drug-likeness (QED) is 0.509. The summed E-state index contributed by atoms with van der Waals surface area (Å²) < 4.78 is 56.4. The Labute approximate surface area is 201 Å². The Bertz CT molecular complexity index is 1090. The first-order chi connectivity index (χ1) is 15.7. The number of amides is 1. The topological polar surface area (TPSA) is 104 Å². The number of hydrogen-bond donors (Lipinski definition) is 2. The van der Waals surface area contributed by atoms with Crippen LogP contribution in [-0.2, 0) is 19.4 Å². The maximum Gasteiger partial charge on any atom is 0.490 e. The minimum Gasteiger partial charge on any atom is -0.475 e. The van der Waals surface area contributed by atoms with Crippen molar-refractivity contribution in [2.75, 3.05) is 29.1 Å². The fourth-order valence-electron chi connectivity index (χ4n) is 2.77. The summed E-state index contributed by atoms with van der Waals surface area (Å²) in [6.07, 6.45) is -5.19. The molecule has 1 amide bonds. The molecule has 0 fully saturated rings. The van der Waals surface area contributed by atoms with Crippen molar-refractivity contribution in [3.63, 3.8) is 0 Å². The summed E-state index contributed by atoms with van der Waals surface area (Å²) in [6, 6.07) is 11.8. The molecular formula is C22H26ClF3N2O5S. The van der Waals surface area contributed by atoms with E-state index in [0.717, 1.165) is 24.3 Å². The molecule has 0 aliphatic heterocycles. The predicted octanol–water partition coefficient (Wildman–Crippen LogP) is 4.93. The lowest BCUT2D eigenvalue weighted by Gasteiger charge is -2.22. The van der Waals surface area contributed by atoms with Gasteiger partial charge in [-0.3, -0.25) is 4.79 Å². The number of halogens is 4. The average molecular weight is 523 g/mol. The van der Waals surface area contributed by atoms with Crippen molar-refractivity contribution >= 4 is 44.7 Å². The lowest BCUT2D eigenvalue weighted by atomic mass is 10.1. The summed E-state index contributed by atoms with van der Waals surface area (Å²) in [7, 11) is -3.53. The lowest BCUT2D eigenvalue weighted by molar-refractivity contribution is -0.192. The minimum atomic E-state index is -5.08. The monoisotopic (exact) mass is 522 g/mol. The van der Waals surface area contributed by atoms with Crippen LogP contribution in [0, 0.1) is 6.92 Å². The minimum absolute atomic E-state index is 0.109. The molecule has 0 saturated carbocycles. The van der Waals surface area contributed by atoms with E-state index in [1.165, 1.54) is 24.3 Å². The van der Waals surface area contributed by atoms with Gasteiger partial charge in [-0.2, -0.15) is 13.2 Å². The largest absolute Gasteiger partial charge is 0.490 e. The molecule has 34 heavy (non-hydrogen) atoms. The van der Waals surface area contributed by atoms with E-state index < -0.39 is 22.0 Å². The highest BCUT2D eigenvalue weighted by molar-refractivity contribution is 7.91. The van der Waals surface area contributed by atoms with E-state index in [1.807, 2.05) is 25.1 Å². The third kappa shape index (κ3) is 9.22. The summed E-state index contributed by atoms with van der Waals surface area (Å²) in [5.74, 6) is -3.34. The standard InChI is InChI=1S/C20H25ClN2O3S.C2HF3O2/c1-4-23(5-2)17-8-11-19(15(3)14-17)22-20(24)12-13-27(25,26)18-9-6-16(21)7-10-18;3-2(4,5)1(6)7/h6-11,14H,4-5,12-13H2,1-3H3,(H,22,24);(H,6,7). The Hall–Kier alpha value is -2.79. The van der Waals surface area contributed by atoms with Crippen LogP contribution in [0.2, 0.25) is 5.02 Å². The molecular weight excluding hydrogens is 497 g/mol. The molecule has 2 aromatic rings. The van der Waals surface area contributed by atoms with Crippen molar-refractivity contribution in [3.05, 3.63) is 53.1 Å². The second-order valence-corrected chi connectivity index (χ2v) is 9.59. The predicted molar refractivity (Wildman–Crippen MR) is 125 cm³/mol. The molecule has 2 rings (SSSR count). The summed E-state index contributed by atoms with van der Waals surface area (Å²) in [5.41, 5.74) is 2.73. The van der Waals surface area contributed by atoms with E-state index in [4.69, 9.17) is 21.5 Å². The number of nitrogens with one attached hydrogen (secondary N) is 1. The number of hydrogen-bond acceptors (Lipinski definition) is 5. The third-order valence-corrected chi connectivity index (χ3v) is 6.61. The van der Waals surface area contributed by atoms with Crippen molar-refractivity contribution < 1.29 is 36.3 Å². The number of carbonyl (C=O) groups is 2. The number of anilines is 2. The molecule has 0 aliphatic carbocycles. The van der Waals surface area contributed by atoms with Gasteiger partial charge in [0.2, 0.25) is 5.91 Å². The van der Waals surface area contributed by atoms with Gasteiger partial charge in [0.15, 0.2) is 9.84 Å². The van der Waals surface area contributed by atoms with E-state index in [9.17, 15) is 26.4 Å². The van der Waals surface area contributed by atoms with Crippen molar-refractivity contribution in [2.24, 2.45) is 0 Å². The number of benzene rings is 2. The van der Waals surface area contributed by atoms with E-state index in [2.05, 4.69) is 24.1 Å². The Morgan fingerprint density at radius 2 is 1.59 bits per heavy atom. The van der Waals surface area contributed by atoms with Gasteiger partial charge >= 0.3 is 12.1 Å². The lowest BCUT2D eigenvalue weighted by Crippen LogP contribution is -2.22. The number of rotatable bonds is 8. The van der Waals surface area contributed by atoms with Crippen molar-refractivity contribution in [2.45, 2.75) is 38.3 Å². The molecule has 0 saturated heterocycles. The van der Waals surface area contributed by atoms with Gasteiger partial charge in [0.1, 0.15) is 0 Å². The van der Waals surface area contributed by atoms with E-state index >= 15 is 0 Å². The number of carbonyl (C=O) groups excluding carboxylic acids is 1. The summed E-state index contributed by atoms with van der Waals surface area (Å²) >= 11 is 5.78. The Kier molecular flexibility index (Phi) is 10.8. The van der Waals surface area contributed by atoms with Crippen LogP contribution in [0.4, 0.5) is 24.5 Å². The average Bonchev–Trinajstić information content (AvgIpc) is 2.75. The fourth-order valence-corrected chi connectivity index (χ4v) is 4.14. The molecule has 0 radical (unpaired) electrons. The van der Waals surface area contributed by atoms with Gasteiger partial charge in [-0.05, 0) is 68.8 Å². The Morgan fingerprint density at radius 1 is 1.06 bits per heavy atom. The molecule has 0 spiro atoms. The van der Waals surface area contributed by atoms with Crippen molar-refractivity contribution in [1.29, 1.82) is 0 Å². The van der Waals surface area contributed by atoms with Crippen molar-refractivity contribution in [1.82, 2.24) is 0 Å². The normalized spacial score (nSPS) is 11.3. The molecule has 0 aromatic heterocycles. The highest BCUT2D eigenvalue weighted by atomic mass is 35.5. The third-order valence-electron chi connectivity index (χ3n) is 4.63. The molecule has 12 heteroatoms. The number of alkyl halides is 3.